The van der Waals surface area contributed by atoms with E-state index in [0.717, 1.165) is 41.3 Å². The van der Waals surface area contributed by atoms with Crippen LogP contribution in [-0.4, -0.2) is 24.1 Å². The molecule has 2 aromatic rings. The van der Waals surface area contributed by atoms with Gasteiger partial charge in [0, 0.05) is 19.1 Å². The lowest BCUT2D eigenvalue weighted by Gasteiger charge is -2.29. The summed E-state index contributed by atoms with van der Waals surface area (Å²) >= 11 is 13.9. The molecule has 2 heterocycles. The third-order valence-electron chi connectivity index (χ3n) is 3.25. The number of rotatable bonds is 1. The second-order valence-electron chi connectivity index (χ2n) is 4.53. The fourth-order valence-electron chi connectivity index (χ4n) is 2.16. The molecule has 0 atom stereocenters. The summed E-state index contributed by atoms with van der Waals surface area (Å²) in [4.78, 5) is 6.87. The van der Waals surface area contributed by atoms with Gasteiger partial charge in [-0.1, -0.05) is 34.5 Å². The van der Waals surface area contributed by atoms with Crippen LogP contribution in [0.25, 0.3) is 10.2 Å². The van der Waals surface area contributed by atoms with Gasteiger partial charge in [-0.05, 0) is 25.0 Å². The molecule has 1 saturated heterocycles. The van der Waals surface area contributed by atoms with Crippen molar-refractivity contribution in [2.75, 3.05) is 18.0 Å². The summed E-state index contributed by atoms with van der Waals surface area (Å²) in [5.41, 5.74) is 6.72. The number of benzene rings is 1. The Labute approximate surface area is 119 Å². The SMILES string of the molecule is NC1CCN(c2nc3c(Cl)ccc(Cl)c3s2)CC1. The Balaban J connectivity index is 1.98. The first-order valence-electron chi connectivity index (χ1n) is 5.90. The van der Waals surface area contributed by atoms with Crippen molar-refractivity contribution in [3.63, 3.8) is 0 Å². The number of hydrogen-bond acceptors (Lipinski definition) is 4. The molecule has 1 fully saturated rings. The highest BCUT2D eigenvalue weighted by Crippen LogP contribution is 2.37. The van der Waals surface area contributed by atoms with E-state index < -0.39 is 0 Å². The van der Waals surface area contributed by atoms with Gasteiger partial charge in [-0.3, -0.25) is 0 Å². The van der Waals surface area contributed by atoms with E-state index in [2.05, 4.69) is 9.88 Å². The largest absolute Gasteiger partial charge is 0.348 e. The van der Waals surface area contributed by atoms with Crippen molar-refractivity contribution in [1.82, 2.24) is 4.98 Å². The van der Waals surface area contributed by atoms with Crippen LogP contribution in [0.15, 0.2) is 12.1 Å². The van der Waals surface area contributed by atoms with Gasteiger partial charge in [0.05, 0.1) is 14.7 Å². The minimum absolute atomic E-state index is 0.322. The highest BCUT2D eigenvalue weighted by atomic mass is 35.5. The van der Waals surface area contributed by atoms with E-state index in [1.165, 1.54) is 0 Å². The number of fused-ring (bicyclic) bond motifs is 1. The van der Waals surface area contributed by atoms with E-state index in [0.29, 0.717) is 16.1 Å². The van der Waals surface area contributed by atoms with Crippen LogP contribution < -0.4 is 10.6 Å². The molecule has 6 heteroatoms. The first-order valence-corrected chi connectivity index (χ1v) is 7.47. The second kappa shape index (κ2) is 4.85. The molecular formula is C12H13Cl2N3S. The molecule has 1 aromatic heterocycles. The number of piperidine rings is 1. The molecular weight excluding hydrogens is 289 g/mol. The lowest BCUT2D eigenvalue weighted by atomic mass is 10.1. The first-order chi connectivity index (χ1) is 8.65. The topological polar surface area (TPSA) is 42.1 Å². The van der Waals surface area contributed by atoms with E-state index in [-0.39, 0.29) is 0 Å². The van der Waals surface area contributed by atoms with E-state index >= 15 is 0 Å². The minimum atomic E-state index is 0.322. The Morgan fingerprint density at radius 3 is 2.56 bits per heavy atom. The molecule has 1 aliphatic heterocycles. The third kappa shape index (κ3) is 2.18. The van der Waals surface area contributed by atoms with Gasteiger partial charge in [-0.2, -0.15) is 0 Å². The van der Waals surface area contributed by atoms with E-state index in [9.17, 15) is 0 Å². The highest BCUT2D eigenvalue weighted by molar-refractivity contribution is 7.22. The van der Waals surface area contributed by atoms with Crippen LogP contribution in [-0.2, 0) is 0 Å². The molecule has 0 radical (unpaired) electrons. The highest BCUT2D eigenvalue weighted by Gasteiger charge is 2.20. The number of halogens is 2. The summed E-state index contributed by atoms with van der Waals surface area (Å²) in [7, 11) is 0. The van der Waals surface area contributed by atoms with Crippen LogP contribution in [0.2, 0.25) is 10.0 Å². The molecule has 2 N–H and O–H groups in total. The molecule has 1 aliphatic rings. The fourth-order valence-corrected chi connectivity index (χ4v) is 3.73. The monoisotopic (exact) mass is 301 g/mol. The number of anilines is 1. The number of hydrogen-bond donors (Lipinski definition) is 1. The summed E-state index contributed by atoms with van der Waals surface area (Å²) in [6.45, 7) is 1.91. The molecule has 0 amide bonds. The summed E-state index contributed by atoms with van der Waals surface area (Å²) in [6, 6.07) is 3.94. The van der Waals surface area contributed by atoms with Gasteiger partial charge in [0.15, 0.2) is 5.13 Å². The van der Waals surface area contributed by atoms with Crippen LogP contribution in [0.3, 0.4) is 0 Å². The zero-order valence-electron chi connectivity index (χ0n) is 9.70. The molecule has 18 heavy (non-hydrogen) atoms. The average molecular weight is 302 g/mol. The van der Waals surface area contributed by atoms with Crippen LogP contribution in [0.4, 0.5) is 5.13 Å². The van der Waals surface area contributed by atoms with Crippen LogP contribution in [0.5, 0.6) is 0 Å². The summed E-state index contributed by atoms with van der Waals surface area (Å²) < 4.78 is 0.967. The predicted octanol–water partition coefficient (Wildman–Crippen LogP) is 3.53. The molecule has 0 saturated carbocycles. The standard InChI is InChI=1S/C12H13Cl2N3S/c13-8-1-2-9(14)11-10(8)16-12(18-11)17-5-3-7(15)4-6-17/h1-2,7H,3-6,15H2. The van der Waals surface area contributed by atoms with Gasteiger partial charge in [0.1, 0.15) is 5.52 Å². The summed E-state index contributed by atoms with van der Waals surface area (Å²) in [6.07, 6.45) is 2.02. The number of nitrogens with two attached hydrogens (primary N) is 1. The van der Waals surface area contributed by atoms with E-state index in [4.69, 9.17) is 28.9 Å². The second-order valence-corrected chi connectivity index (χ2v) is 6.32. The third-order valence-corrected chi connectivity index (χ3v) is 5.13. The van der Waals surface area contributed by atoms with Gasteiger partial charge in [-0.25, -0.2) is 4.98 Å². The molecule has 3 nitrogen and oxygen atoms in total. The van der Waals surface area contributed by atoms with Gasteiger partial charge in [0.2, 0.25) is 0 Å². The normalized spacial score (nSPS) is 17.6. The molecule has 3 rings (SSSR count). The van der Waals surface area contributed by atoms with Gasteiger partial charge >= 0.3 is 0 Å². The van der Waals surface area contributed by atoms with Crippen molar-refractivity contribution in [3.05, 3.63) is 22.2 Å². The lowest BCUT2D eigenvalue weighted by molar-refractivity contribution is 0.501. The van der Waals surface area contributed by atoms with Gasteiger partial charge < -0.3 is 10.6 Å². The lowest BCUT2D eigenvalue weighted by Crippen LogP contribution is -2.39. The van der Waals surface area contributed by atoms with Crippen LogP contribution >= 0.6 is 34.5 Å². The Morgan fingerprint density at radius 1 is 1.22 bits per heavy atom. The summed E-state index contributed by atoms with van der Waals surface area (Å²) in [5, 5.41) is 2.37. The van der Waals surface area contributed by atoms with Crippen molar-refractivity contribution in [2.45, 2.75) is 18.9 Å². The maximum absolute atomic E-state index is 6.18. The molecule has 0 aliphatic carbocycles. The minimum Gasteiger partial charge on any atom is -0.348 e. The number of aromatic nitrogens is 1. The van der Waals surface area contributed by atoms with Crippen molar-refractivity contribution in [2.24, 2.45) is 5.73 Å². The first kappa shape index (κ1) is 12.5. The van der Waals surface area contributed by atoms with Gasteiger partial charge in [0.25, 0.3) is 0 Å². The molecule has 1 aromatic carbocycles. The van der Waals surface area contributed by atoms with Crippen LogP contribution in [0, 0.1) is 0 Å². The molecule has 0 unspecified atom stereocenters. The molecule has 0 bridgehead atoms. The maximum atomic E-state index is 6.18. The maximum Gasteiger partial charge on any atom is 0.186 e. The average Bonchev–Trinajstić information content (AvgIpc) is 2.81. The van der Waals surface area contributed by atoms with Crippen LogP contribution in [0.1, 0.15) is 12.8 Å². The van der Waals surface area contributed by atoms with Gasteiger partial charge in [-0.15, -0.1) is 0 Å². The predicted molar refractivity (Wildman–Crippen MR) is 79.1 cm³/mol. The summed E-state index contributed by atoms with van der Waals surface area (Å²) in [5.74, 6) is 0. The Hall–Kier alpha value is -0.550. The Morgan fingerprint density at radius 2 is 1.89 bits per heavy atom. The Kier molecular flexibility index (Phi) is 3.36. The van der Waals surface area contributed by atoms with Crippen molar-refractivity contribution >= 4 is 49.9 Å². The quantitative estimate of drug-likeness (QED) is 0.876. The number of nitrogens with zero attached hydrogens (tertiary/aromatic N) is 2. The zero-order chi connectivity index (χ0) is 12.7. The smallest absolute Gasteiger partial charge is 0.186 e. The van der Waals surface area contributed by atoms with Crippen molar-refractivity contribution < 1.29 is 0 Å². The fraction of sp³-hybridized carbons (Fsp3) is 0.417. The zero-order valence-corrected chi connectivity index (χ0v) is 12.0. The molecule has 0 spiro atoms. The van der Waals surface area contributed by atoms with E-state index in [1.807, 2.05) is 6.07 Å². The number of thiazole rings is 1. The van der Waals surface area contributed by atoms with E-state index in [1.54, 1.807) is 17.4 Å². The Bertz CT molecular complexity index is 537. The van der Waals surface area contributed by atoms with Crippen molar-refractivity contribution in [1.29, 1.82) is 0 Å². The van der Waals surface area contributed by atoms with Crippen molar-refractivity contribution in [3.8, 4) is 0 Å². The molecule has 96 valence electrons.